The number of benzene rings is 1. The fourth-order valence-electron chi connectivity index (χ4n) is 1.63. The van der Waals surface area contributed by atoms with Crippen LogP contribution in [0.5, 0.6) is 0 Å². The quantitative estimate of drug-likeness (QED) is 0.447. The molecule has 0 heterocycles. The third-order valence-corrected chi connectivity index (χ3v) is 2.81. The summed E-state index contributed by atoms with van der Waals surface area (Å²) in [5.41, 5.74) is 0.850. The molecule has 0 aromatic heterocycles. The van der Waals surface area contributed by atoms with Crippen LogP contribution in [0, 0.1) is 23.1 Å². The summed E-state index contributed by atoms with van der Waals surface area (Å²) in [4.78, 5) is 16.4. The van der Waals surface area contributed by atoms with Gasteiger partial charge in [0.05, 0.1) is 6.07 Å². The summed E-state index contributed by atoms with van der Waals surface area (Å²) in [6, 6.07) is 7.17. The van der Waals surface area contributed by atoms with Crippen LogP contribution >= 0.6 is 0 Å². The molecule has 1 atom stereocenters. The van der Waals surface area contributed by atoms with Crippen molar-refractivity contribution in [2.24, 2.45) is 10.9 Å². The molecular formula is C15H17FN2O. The molecule has 1 aromatic rings. The largest absolute Gasteiger partial charge is 0.293 e. The molecule has 1 aromatic carbocycles. The second kappa shape index (κ2) is 7.42. The predicted octanol–water partition coefficient (Wildman–Crippen LogP) is 3.41. The number of carbonyl (C=O) groups excluding carboxylic acids is 1. The van der Waals surface area contributed by atoms with Crippen LogP contribution in [0.15, 0.2) is 29.3 Å². The second-order valence-corrected chi connectivity index (χ2v) is 4.31. The summed E-state index contributed by atoms with van der Waals surface area (Å²) in [6.45, 7) is 4.36. The van der Waals surface area contributed by atoms with Crippen molar-refractivity contribution in [2.75, 3.05) is 6.54 Å². The number of hydrogen-bond donors (Lipinski definition) is 0. The van der Waals surface area contributed by atoms with E-state index in [1.165, 1.54) is 24.3 Å². The van der Waals surface area contributed by atoms with Crippen LogP contribution in [0.4, 0.5) is 4.39 Å². The Morgan fingerprint density at radius 1 is 1.42 bits per heavy atom. The minimum absolute atomic E-state index is 0.331. The van der Waals surface area contributed by atoms with E-state index in [4.69, 9.17) is 5.26 Å². The number of ketones is 1. The summed E-state index contributed by atoms with van der Waals surface area (Å²) in [5, 5.41) is 9.11. The average Bonchev–Trinajstić information content (AvgIpc) is 2.40. The van der Waals surface area contributed by atoms with Gasteiger partial charge in [-0.1, -0.05) is 13.3 Å². The van der Waals surface area contributed by atoms with Gasteiger partial charge < -0.3 is 0 Å². The van der Waals surface area contributed by atoms with Crippen LogP contribution in [0.1, 0.15) is 37.0 Å². The highest BCUT2D eigenvalue weighted by Crippen LogP contribution is 2.12. The molecule has 100 valence electrons. The Labute approximate surface area is 112 Å². The molecular weight excluding hydrogens is 243 g/mol. The summed E-state index contributed by atoms with van der Waals surface area (Å²) in [6.07, 6.45) is 1.94. The molecule has 0 aliphatic carbocycles. The zero-order valence-corrected chi connectivity index (χ0v) is 11.2. The van der Waals surface area contributed by atoms with Gasteiger partial charge >= 0.3 is 0 Å². The Balaban J connectivity index is 2.85. The van der Waals surface area contributed by atoms with E-state index in [2.05, 4.69) is 11.9 Å². The maximum absolute atomic E-state index is 12.8. The van der Waals surface area contributed by atoms with E-state index >= 15 is 0 Å². The SMILES string of the molecule is CCCCN=C(C)C(C#N)C(=O)c1ccc(F)cc1. The van der Waals surface area contributed by atoms with Gasteiger partial charge in [0.1, 0.15) is 11.7 Å². The van der Waals surface area contributed by atoms with Crippen molar-refractivity contribution < 1.29 is 9.18 Å². The molecule has 1 rings (SSSR count). The summed E-state index contributed by atoms with van der Waals surface area (Å²) >= 11 is 0. The number of unbranched alkanes of at least 4 members (excludes halogenated alkanes) is 1. The molecule has 0 saturated carbocycles. The van der Waals surface area contributed by atoms with Gasteiger partial charge in [0.25, 0.3) is 0 Å². The Morgan fingerprint density at radius 2 is 2.05 bits per heavy atom. The highest BCUT2D eigenvalue weighted by molar-refractivity contribution is 6.13. The van der Waals surface area contributed by atoms with Gasteiger partial charge in [-0.05, 0) is 37.6 Å². The fourth-order valence-corrected chi connectivity index (χ4v) is 1.63. The third-order valence-electron chi connectivity index (χ3n) is 2.81. The minimum Gasteiger partial charge on any atom is -0.293 e. The fraction of sp³-hybridized carbons (Fsp3) is 0.400. The smallest absolute Gasteiger partial charge is 0.185 e. The van der Waals surface area contributed by atoms with Crippen LogP contribution in [0.3, 0.4) is 0 Å². The van der Waals surface area contributed by atoms with Gasteiger partial charge in [-0.15, -0.1) is 0 Å². The lowest BCUT2D eigenvalue weighted by Gasteiger charge is -2.08. The molecule has 0 spiro atoms. The van der Waals surface area contributed by atoms with E-state index in [0.29, 0.717) is 17.8 Å². The van der Waals surface area contributed by atoms with Crippen LogP contribution in [-0.2, 0) is 0 Å². The molecule has 0 N–H and O–H groups in total. The van der Waals surface area contributed by atoms with Crippen molar-refractivity contribution in [1.82, 2.24) is 0 Å². The Bertz CT molecular complexity index is 500. The number of hydrogen-bond acceptors (Lipinski definition) is 3. The first-order valence-corrected chi connectivity index (χ1v) is 6.30. The first-order chi connectivity index (χ1) is 9.10. The van der Waals surface area contributed by atoms with Crippen LogP contribution < -0.4 is 0 Å². The zero-order chi connectivity index (χ0) is 14.3. The van der Waals surface area contributed by atoms with Gasteiger partial charge in [-0.3, -0.25) is 9.79 Å². The van der Waals surface area contributed by atoms with Crippen molar-refractivity contribution in [3.63, 3.8) is 0 Å². The molecule has 0 aliphatic rings. The van der Waals surface area contributed by atoms with Crippen molar-refractivity contribution >= 4 is 11.5 Å². The van der Waals surface area contributed by atoms with Crippen molar-refractivity contribution in [1.29, 1.82) is 5.26 Å². The lowest BCUT2D eigenvalue weighted by Crippen LogP contribution is -2.21. The minimum atomic E-state index is -0.887. The van der Waals surface area contributed by atoms with E-state index < -0.39 is 11.7 Å². The molecule has 0 bridgehead atoms. The summed E-state index contributed by atoms with van der Waals surface area (Å²) in [5.74, 6) is -1.62. The normalized spacial score (nSPS) is 12.8. The van der Waals surface area contributed by atoms with Crippen LogP contribution in [0.25, 0.3) is 0 Å². The standard InChI is InChI=1S/C15H17FN2O/c1-3-4-9-18-11(2)14(10-17)15(19)12-5-7-13(16)8-6-12/h5-8,14H,3-4,9H2,1-2H3. The number of nitrogens with zero attached hydrogens (tertiary/aromatic N) is 2. The lowest BCUT2D eigenvalue weighted by molar-refractivity contribution is 0.0975. The maximum Gasteiger partial charge on any atom is 0.185 e. The first kappa shape index (κ1) is 15.0. The lowest BCUT2D eigenvalue weighted by atomic mass is 9.95. The van der Waals surface area contributed by atoms with Gasteiger partial charge in [-0.25, -0.2) is 4.39 Å². The van der Waals surface area contributed by atoms with Gasteiger partial charge in [0.2, 0.25) is 0 Å². The molecule has 0 saturated heterocycles. The third kappa shape index (κ3) is 4.29. The average molecular weight is 260 g/mol. The number of aliphatic imine (C=N–C) groups is 1. The molecule has 0 amide bonds. The first-order valence-electron chi connectivity index (χ1n) is 6.30. The van der Waals surface area contributed by atoms with Crippen molar-refractivity contribution in [2.45, 2.75) is 26.7 Å². The summed E-state index contributed by atoms with van der Waals surface area (Å²) in [7, 11) is 0. The van der Waals surface area contributed by atoms with Crippen LogP contribution in [0.2, 0.25) is 0 Å². The molecule has 0 aliphatic heterocycles. The van der Waals surface area contributed by atoms with E-state index in [0.717, 1.165) is 12.8 Å². The Hall–Kier alpha value is -2.02. The summed E-state index contributed by atoms with van der Waals surface area (Å²) < 4.78 is 12.8. The van der Waals surface area contributed by atoms with Crippen LogP contribution in [-0.4, -0.2) is 18.0 Å². The monoisotopic (exact) mass is 260 g/mol. The number of nitriles is 1. The molecule has 4 heteroatoms. The molecule has 0 fully saturated rings. The van der Waals surface area contributed by atoms with Gasteiger partial charge in [0.15, 0.2) is 5.78 Å². The van der Waals surface area contributed by atoms with Crippen molar-refractivity contribution in [3.8, 4) is 6.07 Å². The highest BCUT2D eigenvalue weighted by Gasteiger charge is 2.22. The number of rotatable bonds is 6. The second-order valence-electron chi connectivity index (χ2n) is 4.31. The molecule has 3 nitrogen and oxygen atoms in total. The predicted molar refractivity (Wildman–Crippen MR) is 72.7 cm³/mol. The van der Waals surface area contributed by atoms with Gasteiger partial charge in [0, 0.05) is 17.8 Å². The topological polar surface area (TPSA) is 53.2 Å². The zero-order valence-electron chi connectivity index (χ0n) is 11.2. The van der Waals surface area contributed by atoms with Gasteiger partial charge in [-0.2, -0.15) is 5.26 Å². The molecule has 19 heavy (non-hydrogen) atoms. The van der Waals surface area contributed by atoms with E-state index in [1.807, 2.05) is 6.07 Å². The molecule has 1 unspecified atom stereocenters. The van der Waals surface area contributed by atoms with E-state index in [1.54, 1.807) is 6.92 Å². The number of Topliss-reactive ketones (excluding diaryl/α,β-unsaturated/α-hetero) is 1. The highest BCUT2D eigenvalue weighted by atomic mass is 19.1. The number of halogens is 1. The van der Waals surface area contributed by atoms with E-state index in [-0.39, 0.29) is 5.78 Å². The molecule has 0 radical (unpaired) electrons. The Morgan fingerprint density at radius 3 is 2.58 bits per heavy atom. The van der Waals surface area contributed by atoms with E-state index in [9.17, 15) is 9.18 Å². The van der Waals surface area contributed by atoms with Crippen molar-refractivity contribution in [3.05, 3.63) is 35.6 Å². The maximum atomic E-state index is 12.8. The Kier molecular flexibility index (Phi) is 5.87. The number of carbonyl (C=O) groups is 1.